The Labute approximate surface area is 596 Å². The van der Waals surface area contributed by atoms with E-state index in [4.69, 9.17) is 49.8 Å². The molecule has 0 saturated carbocycles. The minimum Gasteiger partial charge on any atom is 0 e. The topological polar surface area (TPSA) is 156 Å². The van der Waals surface area contributed by atoms with E-state index in [1.54, 1.807) is 6.33 Å². The minimum atomic E-state index is -10.7. The molecule has 11 aromatic heterocycles. The molecule has 0 aliphatic heterocycles. The molecule has 2 radical (unpaired) electrons. The van der Waals surface area contributed by atoms with Gasteiger partial charge in [-0.05, 0) is 185 Å². The summed E-state index contributed by atoms with van der Waals surface area (Å²) in [6, 6.07) is 64.0. The number of imidazole rings is 1. The number of nitrogens with zero attached hydrogens (tertiary/aromatic N) is 12. The van der Waals surface area contributed by atoms with E-state index in [0.717, 1.165) is 79.4 Å². The predicted molar refractivity (Wildman–Crippen MR) is 350 cm³/mol. The summed E-state index contributed by atoms with van der Waals surface area (Å²) in [5, 5.41) is 0. The van der Waals surface area contributed by atoms with Gasteiger partial charge in [0.05, 0.1) is 90.0 Å². The first-order valence-corrected chi connectivity index (χ1v) is 35.3. The first-order valence-electron chi connectivity index (χ1n) is 29.2. The van der Waals surface area contributed by atoms with Gasteiger partial charge in [0.25, 0.3) is 0 Å². The van der Waals surface area contributed by atoms with E-state index in [9.17, 15) is 75.5 Å². The number of halogens is 18. The van der Waals surface area contributed by atoms with E-state index in [1.165, 1.54) is 11.1 Å². The van der Waals surface area contributed by atoms with Crippen LogP contribution in [0.1, 0.15) is 107 Å². The van der Waals surface area contributed by atoms with Crippen molar-refractivity contribution in [3.05, 3.63) is 329 Å². The summed E-state index contributed by atoms with van der Waals surface area (Å²) < 4.78 is 178. The van der Waals surface area contributed by atoms with Crippen molar-refractivity contribution in [2.45, 2.75) is 63.2 Å². The maximum Gasteiger partial charge on any atom is 0 e. The van der Waals surface area contributed by atoms with Gasteiger partial charge in [0.15, 0.2) is 0 Å². The Hall–Kier alpha value is -8.61. The average Bonchev–Trinajstić information content (AvgIpc) is 0.813. The second-order valence-electron chi connectivity index (χ2n) is 22.7. The Morgan fingerprint density at radius 2 is 0.431 bits per heavy atom. The third-order valence-electron chi connectivity index (χ3n) is 14.9. The second kappa shape index (κ2) is 29.6. The van der Waals surface area contributed by atoms with Crippen molar-refractivity contribution in [1.29, 1.82) is 0 Å². The van der Waals surface area contributed by atoms with Crippen LogP contribution in [0.15, 0.2) is 250 Å². The molecule has 1 aromatic carbocycles. The van der Waals surface area contributed by atoms with Crippen LogP contribution in [-0.4, -0.2) is 54.8 Å². The summed E-state index contributed by atoms with van der Waals surface area (Å²) in [4.78, 5) is 56.4. The van der Waals surface area contributed by atoms with Crippen LogP contribution in [-0.2, 0) is 58.8 Å². The smallest absolute Gasteiger partial charge is 0 e. The molecule has 0 atom stereocenters. The number of hydrogen-bond donors (Lipinski definition) is 0. The van der Waals surface area contributed by atoms with Crippen molar-refractivity contribution < 1.29 is 113 Å². The zero-order chi connectivity index (χ0) is 73.9. The molecule has 35 heteroatoms. The molecule has 0 amide bonds. The molecule has 0 aliphatic carbocycles. The van der Waals surface area contributed by atoms with Gasteiger partial charge in [-0.2, -0.15) is 0 Å². The number of aromatic nitrogens is 12. The Morgan fingerprint density at radius 1 is 0.255 bits per heavy atom. The number of fused-ring (bicyclic) bond motifs is 1. The fourth-order valence-corrected chi connectivity index (χ4v) is 9.97. The van der Waals surface area contributed by atoms with Crippen LogP contribution in [0.4, 0.5) is 75.5 Å². The summed E-state index contributed by atoms with van der Waals surface area (Å²) in [6.07, 6.45) is 16.1. The normalized spacial score (nSPS) is 13.8. The van der Waals surface area contributed by atoms with E-state index in [-0.39, 0.29) is 37.1 Å². The van der Waals surface area contributed by atoms with Crippen LogP contribution < -0.4 is 4.98 Å². The fraction of sp³-hybridized carbons (Fsp3) is 0.149. The molecule has 0 unspecified atom stereocenters. The first kappa shape index (κ1) is 84.0. The number of rotatable bonds is 12. The van der Waals surface area contributed by atoms with Crippen LogP contribution >= 0.6 is 23.4 Å². The second-order valence-corrected chi connectivity index (χ2v) is 28.5. The zero-order valence-electron chi connectivity index (χ0n) is 54.1. The van der Waals surface area contributed by atoms with Crippen LogP contribution in [0, 0.1) is 13.8 Å². The summed E-state index contributed by atoms with van der Waals surface area (Å²) >= 11 is 0. The molecule has 0 bridgehead atoms. The van der Waals surface area contributed by atoms with Gasteiger partial charge in [-0.1, -0.05) is 79.1 Å². The molecule has 542 valence electrons. The third-order valence-corrected chi connectivity index (χ3v) is 14.9. The minimum absolute atomic E-state index is 0. The molecule has 11 heterocycles. The third kappa shape index (κ3) is 26.0. The SMILES string of the molecule is CC(c1ccccn1)(c1ccccn1)c1cccc(C(C)(c2ccccn2)c2ccccn2)n1.CC(c1ccccn1)(c1ccccn1)c1cccc(C(C)(c2ccccn2)c2ccccn2)n1.Cc1cc2nc[n-]c2cc1C.F[P-](F)(F)(F)(F)F.F[P-](F)(F)(F)(F)F.F[P-](F)(F)(F)(F)F.[V].[V]. The van der Waals surface area contributed by atoms with E-state index in [2.05, 4.69) is 63.6 Å². The molecular weight excluding hydrogens is 1510 g/mol. The predicted octanol–water partition coefficient (Wildman–Crippen LogP) is 22.7. The average molecular weight is 1570 g/mol. The van der Waals surface area contributed by atoms with Gasteiger partial charge in [-0.25, -0.2) is 0 Å². The van der Waals surface area contributed by atoms with Crippen molar-refractivity contribution in [1.82, 2.24) is 59.8 Å². The fourth-order valence-electron chi connectivity index (χ4n) is 9.97. The van der Waals surface area contributed by atoms with Crippen LogP contribution in [0.3, 0.4) is 0 Å². The largest absolute Gasteiger partial charge is 0 e. The Balaban J connectivity index is 0.000000254. The van der Waals surface area contributed by atoms with Crippen molar-refractivity contribution in [2.75, 3.05) is 0 Å². The van der Waals surface area contributed by atoms with Gasteiger partial charge < -0.3 is 9.97 Å². The molecule has 12 rings (SSSR count). The van der Waals surface area contributed by atoms with Gasteiger partial charge in [0, 0.05) is 86.7 Å². The standard InChI is InChI=1S/2C29H25N5.C9H9N2.3F6P.2V/c2*1-28(22-12-3-7-18-30-22,23-13-4-8-19-31-23)26-16-11-17-27(34-26)29(2,24-14-5-9-20-32-24)25-15-6-10-21-33-25;1-6-3-8-9(4-7(6)2)11-5-10-8;3*1-7(2,3,4,5)6;;/h2*3-21H,1-2H3;3-5H,1-2H3;;;;;/q;;4*-1;;. The summed E-state index contributed by atoms with van der Waals surface area (Å²) in [7, 11) is -32.0. The molecule has 102 heavy (non-hydrogen) atoms. The number of benzene rings is 1. The Morgan fingerprint density at radius 3 is 0.608 bits per heavy atom. The van der Waals surface area contributed by atoms with Crippen molar-refractivity contribution in [3.63, 3.8) is 0 Å². The van der Waals surface area contributed by atoms with Crippen LogP contribution in [0.2, 0.25) is 0 Å². The molecule has 0 saturated heterocycles. The summed E-state index contributed by atoms with van der Waals surface area (Å²) in [5.74, 6) is 0. The molecule has 12 nitrogen and oxygen atoms in total. The van der Waals surface area contributed by atoms with Gasteiger partial charge in [0.1, 0.15) is 0 Å². The van der Waals surface area contributed by atoms with Crippen molar-refractivity contribution in [3.8, 4) is 0 Å². The first-order chi connectivity index (χ1) is 45.9. The molecule has 0 aliphatic rings. The van der Waals surface area contributed by atoms with Crippen molar-refractivity contribution in [2.24, 2.45) is 0 Å². The molecule has 0 spiro atoms. The van der Waals surface area contributed by atoms with E-state index >= 15 is 0 Å². The van der Waals surface area contributed by atoms with E-state index < -0.39 is 45.1 Å². The van der Waals surface area contributed by atoms with Crippen LogP contribution in [0.25, 0.3) is 11.0 Å². The number of pyridine rings is 10. The maximum absolute atomic E-state index is 10.7. The number of hydrogen-bond acceptors (Lipinski definition) is 11. The summed E-state index contributed by atoms with van der Waals surface area (Å²) in [6.45, 7) is 12.7. The Kier molecular flexibility index (Phi) is 24.4. The zero-order valence-corrected chi connectivity index (χ0v) is 59.6. The summed E-state index contributed by atoms with van der Waals surface area (Å²) in [5.41, 5.74) is 12.5. The van der Waals surface area contributed by atoms with Gasteiger partial charge in [0.2, 0.25) is 0 Å². The van der Waals surface area contributed by atoms with Crippen molar-refractivity contribution >= 4 is 34.5 Å². The number of aryl methyl sites for hydroxylation is 2. The van der Waals surface area contributed by atoms with Gasteiger partial charge in [-0.15, -0.1) is 0 Å². The molecule has 12 aromatic rings. The molecule has 0 N–H and O–H groups in total. The Bertz CT molecular complexity index is 3950. The molecular formula is C67H59F18N12P3V2-4. The molecule has 0 fully saturated rings. The van der Waals surface area contributed by atoms with E-state index in [1.807, 2.05) is 232 Å². The quantitative estimate of drug-likeness (QED) is 0.0844. The van der Waals surface area contributed by atoms with E-state index in [0.29, 0.717) is 0 Å². The van der Waals surface area contributed by atoms with Gasteiger partial charge in [-0.3, -0.25) is 49.8 Å². The monoisotopic (exact) mass is 1570 g/mol. The maximum atomic E-state index is 9.87. The van der Waals surface area contributed by atoms with Gasteiger partial charge >= 0.3 is 99.0 Å². The van der Waals surface area contributed by atoms with Crippen LogP contribution in [0.5, 0.6) is 0 Å².